The molecule has 0 bridgehead atoms. The van der Waals surface area contributed by atoms with Gasteiger partial charge in [0.25, 0.3) is 0 Å². The Morgan fingerprint density at radius 1 is 1.00 bits per heavy atom. The molecule has 15 heavy (non-hydrogen) atoms. The third-order valence-electron chi connectivity index (χ3n) is 1.42. The van der Waals surface area contributed by atoms with Crippen LogP contribution in [-0.2, 0) is 14.5 Å². The highest BCUT2D eigenvalue weighted by atomic mass is 32.2. The minimum atomic E-state index is -5.28. The van der Waals surface area contributed by atoms with E-state index in [1.807, 2.05) is 0 Å². The van der Waals surface area contributed by atoms with Crippen molar-refractivity contribution in [2.24, 2.45) is 0 Å². The fraction of sp³-hybridized carbons (Fsp3) is 0. The lowest BCUT2D eigenvalue weighted by atomic mass is 10.3. The summed E-state index contributed by atoms with van der Waals surface area (Å²) < 4.78 is 84.8. The van der Waals surface area contributed by atoms with Crippen molar-refractivity contribution in [3.63, 3.8) is 0 Å². The minimum absolute atomic E-state index is 0.233. The predicted molar refractivity (Wildman–Crippen MR) is 35.7 cm³/mol. The van der Waals surface area contributed by atoms with Crippen LogP contribution >= 0.6 is 0 Å². The molecule has 0 aliphatic carbocycles. The van der Waals surface area contributed by atoms with Crippen LogP contribution in [0.3, 0.4) is 0 Å². The van der Waals surface area contributed by atoms with Crippen LogP contribution in [0.15, 0.2) is 11.0 Å². The minimum Gasteiger partial charge on any atom is -0.204 e. The Balaban J connectivity index is 3.60. The maximum atomic E-state index is 12.7. The van der Waals surface area contributed by atoms with Gasteiger partial charge in [-0.1, -0.05) is 4.39 Å². The third-order valence-corrected chi connectivity index (χ3v) is 2.42. The summed E-state index contributed by atoms with van der Waals surface area (Å²) >= 11 is 0. The molecule has 0 radical (unpaired) electrons. The Bertz CT molecular complexity index is 498. The molecule has 3 nitrogen and oxygen atoms in total. The van der Waals surface area contributed by atoms with Crippen molar-refractivity contribution in [2.75, 3.05) is 0 Å². The lowest BCUT2D eigenvalue weighted by Gasteiger charge is -2.02. The van der Waals surface area contributed by atoms with E-state index >= 15 is 0 Å². The second kappa shape index (κ2) is 3.74. The van der Waals surface area contributed by atoms with E-state index in [1.54, 1.807) is 0 Å². The molecule has 0 atom stereocenters. The lowest BCUT2D eigenvalue weighted by molar-refractivity contribution is 0.00240. The zero-order valence-corrected chi connectivity index (χ0v) is 7.42. The van der Waals surface area contributed by atoms with Crippen molar-refractivity contribution in [1.29, 1.82) is 0 Å². The molecule has 0 spiro atoms. The molecular weight excluding hydrogens is 247 g/mol. The number of rotatable bonds is 2. The first-order valence-electron chi connectivity index (χ1n) is 3.19. The number of hydrogen-bond donors (Lipinski definition) is 0. The average Bonchev–Trinajstić information content (AvgIpc) is 2.20. The zero-order chi connectivity index (χ0) is 11.8. The molecule has 0 saturated heterocycles. The molecule has 0 heterocycles. The SMILES string of the molecule is O=S(=O)(OF)c1cc(F)c(F)c(F)c1F. The first-order valence-corrected chi connectivity index (χ1v) is 4.60. The highest BCUT2D eigenvalue weighted by Crippen LogP contribution is 2.23. The van der Waals surface area contributed by atoms with E-state index in [2.05, 4.69) is 4.39 Å². The molecule has 0 aliphatic heterocycles. The number of hydrogen-bond acceptors (Lipinski definition) is 3. The molecule has 0 saturated carbocycles. The fourth-order valence-corrected chi connectivity index (χ4v) is 1.39. The van der Waals surface area contributed by atoms with Crippen LogP contribution in [0.2, 0.25) is 0 Å². The molecule has 0 fully saturated rings. The summed E-state index contributed by atoms with van der Waals surface area (Å²) in [6.45, 7) is 0. The van der Waals surface area contributed by atoms with Gasteiger partial charge in [0, 0.05) is 6.07 Å². The van der Waals surface area contributed by atoms with Crippen molar-refractivity contribution in [1.82, 2.24) is 0 Å². The highest BCUT2D eigenvalue weighted by Gasteiger charge is 2.28. The van der Waals surface area contributed by atoms with Gasteiger partial charge in [-0.25, -0.2) is 17.6 Å². The van der Waals surface area contributed by atoms with Gasteiger partial charge >= 0.3 is 10.1 Å². The molecule has 0 aliphatic rings. The van der Waals surface area contributed by atoms with Crippen LogP contribution in [-0.4, -0.2) is 8.42 Å². The molecule has 1 aromatic rings. The largest absolute Gasteiger partial charge is 0.330 e. The van der Waals surface area contributed by atoms with E-state index in [4.69, 9.17) is 0 Å². The Labute approximate surface area is 80.1 Å². The maximum absolute atomic E-state index is 12.7. The molecule has 0 unspecified atom stereocenters. The zero-order valence-electron chi connectivity index (χ0n) is 6.60. The van der Waals surface area contributed by atoms with E-state index in [1.165, 1.54) is 0 Å². The van der Waals surface area contributed by atoms with Gasteiger partial charge in [-0.3, -0.25) is 0 Å². The van der Waals surface area contributed by atoms with Gasteiger partial charge in [0.1, 0.15) is 4.90 Å². The molecular formula is C6HF5O3S. The van der Waals surface area contributed by atoms with Gasteiger partial charge in [0.05, 0.1) is 0 Å². The number of benzene rings is 1. The van der Waals surface area contributed by atoms with Gasteiger partial charge in [0.2, 0.25) is 0 Å². The summed E-state index contributed by atoms with van der Waals surface area (Å²) in [5, 5.41) is 0. The molecule has 0 aromatic heterocycles. The molecule has 1 rings (SSSR count). The van der Waals surface area contributed by atoms with Crippen molar-refractivity contribution >= 4 is 10.1 Å². The Hall–Kier alpha value is -1.22. The van der Waals surface area contributed by atoms with Crippen molar-refractivity contribution in [3.8, 4) is 0 Å². The van der Waals surface area contributed by atoms with Gasteiger partial charge in [0.15, 0.2) is 23.3 Å². The summed E-state index contributed by atoms with van der Waals surface area (Å²) in [4.78, 5) is -1.76. The maximum Gasteiger partial charge on any atom is 0.330 e. The Morgan fingerprint density at radius 2 is 1.53 bits per heavy atom. The fourth-order valence-electron chi connectivity index (χ4n) is 0.767. The number of halogens is 5. The molecule has 9 heteroatoms. The summed E-state index contributed by atoms with van der Waals surface area (Å²) in [6.07, 6.45) is 0. The normalized spacial score (nSPS) is 11.8. The van der Waals surface area contributed by atoms with Crippen LogP contribution in [0.1, 0.15) is 0 Å². The van der Waals surface area contributed by atoms with Crippen LogP contribution in [0, 0.1) is 23.3 Å². The summed E-state index contributed by atoms with van der Waals surface area (Å²) in [5.41, 5.74) is 0. The van der Waals surface area contributed by atoms with E-state index < -0.39 is 38.3 Å². The van der Waals surface area contributed by atoms with Gasteiger partial charge in [-0.05, 0) is 4.53 Å². The molecule has 0 N–H and O–H groups in total. The quantitative estimate of drug-likeness (QED) is 0.455. The van der Waals surface area contributed by atoms with Crippen LogP contribution in [0.5, 0.6) is 0 Å². The Kier molecular flexibility index (Phi) is 2.95. The van der Waals surface area contributed by atoms with Crippen molar-refractivity contribution in [3.05, 3.63) is 29.3 Å². The first kappa shape index (κ1) is 11.9. The van der Waals surface area contributed by atoms with E-state index in [0.29, 0.717) is 0 Å². The van der Waals surface area contributed by atoms with Gasteiger partial charge in [-0.15, -0.1) is 0 Å². The smallest absolute Gasteiger partial charge is 0.204 e. The average molecular weight is 248 g/mol. The predicted octanol–water partition coefficient (Wildman–Crippen LogP) is 1.83. The van der Waals surface area contributed by atoms with Crippen LogP contribution < -0.4 is 0 Å². The highest BCUT2D eigenvalue weighted by molar-refractivity contribution is 7.86. The van der Waals surface area contributed by atoms with Gasteiger partial charge in [-0.2, -0.15) is 8.42 Å². The van der Waals surface area contributed by atoms with E-state index in [-0.39, 0.29) is 6.07 Å². The molecule has 0 amide bonds. The molecule has 84 valence electrons. The third kappa shape index (κ3) is 1.92. The van der Waals surface area contributed by atoms with E-state index in [0.717, 1.165) is 0 Å². The summed E-state index contributed by atoms with van der Waals surface area (Å²) in [6, 6.07) is -0.233. The lowest BCUT2D eigenvalue weighted by Crippen LogP contribution is -2.08. The van der Waals surface area contributed by atoms with Crippen LogP contribution in [0.4, 0.5) is 22.1 Å². The van der Waals surface area contributed by atoms with Crippen LogP contribution in [0.25, 0.3) is 0 Å². The standard InChI is InChI=1S/C6HF5O3S/c7-2-1-3(15(12,13)14-11)5(9)6(10)4(2)8/h1H. The second-order valence-electron chi connectivity index (χ2n) is 2.32. The molecule has 1 aromatic carbocycles. The monoisotopic (exact) mass is 248 g/mol. The summed E-state index contributed by atoms with van der Waals surface area (Å²) in [5.74, 6) is -8.81. The topological polar surface area (TPSA) is 43.4 Å². The van der Waals surface area contributed by atoms with Crippen molar-refractivity contribution in [2.45, 2.75) is 4.90 Å². The van der Waals surface area contributed by atoms with E-state index in [9.17, 15) is 30.5 Å². The Morgan fingerprint density at radius 3 is 2.00 bits per heavy atom. The first-order chi connectivity index (χ1) is 6.81. The van der Waals surface area contributed by atoms with Crippen molar-refractivity contribution < 1.29 is 34.9 Å². The summed E-state index contributed by atoms with van der Waals surface area (Å²) in [7, 11) is -5.28. The van der Waals surface area contributed by atoms with Gasteiger partial charge < -0.3 is 0 Å². The second-order valence-corrected chi connectivity index (χ2v) is 3.79.